The zero-order valence-corrected chi connectivity index (χ0v) is 24.1. The first-order chi connectivity index (χ1) is 19.4. The Kier molecular flexibility index (Phi) is 9.86. The van der Waals surface area contributed by atoms with Crippen molar-refractivity contribution >= 4 is 44.6 Å². The fourth-order valence-corrected chi connectivity index (χ4v) is 4.53. The number of amides is 1. The molecule has 3 aromatic carbocycles. The molecule has 4 rings (SSSR count). The minimum atomic E-state index is -0.290. The van der Waals surface area contributed by atoms with Gasteiger partial charge in [-0.25, -0.2) is 4.98 Å². The number of aryl methyl sites for hydroxylation is 1. The van der Waals surface area contributed by atoms with Crippen LogP contribution in [0.15, 0.2) is 87.7 Å². The number of hydrogen-bond donors (Lipinski definition) is 1. The van der Waals surface area contributed by atoms with E-state index < -0.39 is 0 Å². The smallest absolute Gasteiger partial charge is 0.282 e. The number of nitrogens with one attached hydrogen (secondary N) is 1. The minimum Gasteiger partial charge on any atom is -0.490 e. The number of ether oxygens (including phenoxy) is 2. The van der Waals surface area contributed by atoms with Gasteiger partial charge < -0.3 is 14.8 Å². The molecule has 8 nitrogen and oxygen atoms in total. The summed E-state index contributed by atoms with van der Waals surface area (Å²) in [7, 11) is 0. The number of rotatable bonds is 12. The van der Waals surface area contributed by atoms with Crippen LogP contribution in [-0.4, -0.2) is 35.0 Å². The summed E-state index contributed by atoms with van der Waals surface area (Å²) in [6.07, 6.45) is 5.24. The van der Waals surface area contributed by atoms with E-state index in [4.69, 9.17) is 14.5 Å². The monoisotopic (exact) mass is 602 g/mol. The molecule has 9 heteroatoms. The van der Waals surface area contributed by atoms with E-state index in [9.17, 15) is 9.59 Å². The number of halogens is 1. The van der Waals surface area contributed by atoms with E-state index in [1.807, 2.05) is 62.4 Å². The van der Waals surface area contributed by atoms with Crippen molar-refractivity contribution in [1.29, 1.82) is 0 Å². The molecular formula is C31H31BrN4O4. The summed E-state index contributed by atoms with van der Waals surface area (Å²) in [6, 6.07) is 18.3. The Balaban J connectivity index is 1.67. The Morgan fingerprint density at radius 3 is 2.65 bits per heavy atom. The van der Waals surface area contributed by atoms with Crippen LogP contribution in [0.1, 0.15) is 37.2 Å². The Morgan fingerprint density at radius 2 is 1.93 bits per heavy atom. The number of nitrogens with zero attached hydrogens (tertiary/aromatic N) is 3. The van der Waals surface area contributed by atoms with E-state index in [0.29, 0.717) is 58.9 Å². The van der Waals surface area contributed by atoms with Crippen molar-refractivity contribution in [3.8, 4) is 11.5 Å². The molecule has 1 heterocycles. The summed E-state index contributed by atoms with van der Waals surface area (Å²) in [4.78, 5) is 30.6. The minimum absolute atomic E-state index is 0.194. The molecule has 0 saturated carbocycles. The van der Waals surface area contributed by atoms with Crippen molar-refractivity contribution in [2.24, 2.45) is 5.10 Å². The summed E-state index contributed by atoms with van der Waals surface area (Å²) in [5.74, 6) is 1.22. The van der Waals surface area contributed by atoms with Gasteiger partial charge in [-0.3, -0.25) is 9.59 Å². The molecule has 0 saturated heterocycles. The van der Waals surface area contributed by atoms with Crippen LogP contribution < -0.4 is 20.3 Å². The molecule has 1 N–H and O–H groups in total. The standard InChI is InChI=1S/C31H31BrN4O4/c1-4-10-22-16-21(17-27(39-6-3)30(22)40-20-29(37)34-24-12-8-7-9-13-24)19-33-36-28(11-5-2)35-26-15-14-23(32)18-25(26)31(36)38/h4,7-9,12-19H,1,5-6,10-11,20H2,2-3H3,(H,34,37). The van der Waals surface area contributed by atoms with Gasteiger partial charge in [-0.2, -0.15) is 9.78 Å². The number of benzene rings is 3. The van der Waals surface area contributed by atoms with Gasteiger partial charge in [-0.1, -0.05) is 47.1 Å². The molecule has 206 valence electrons. The molecule has 0 fully saturated rings. The second-order valence-electron chi connectivity index (χ2n) is 8.94. The van der Waals surface area contributed by atoms with Gasteiger partial charge in [-0.05, 0) is 67.8 Å². The normalized spacial score (nSPS) is 11.1. The zero-order chi connectivity index (χ0) is 28.5. The van der Waals surface area contributed by atoms with Crippen LogP contribution in [0.3, 0.4) is 0 Å². The second kappa shape index (κ2) is 13.7. The van der Waals surface area contributed by atoms with Crippen LogP contribution in [0, 0.1) is 0 Å². The number of carbonyl (C=O) groups is 1. The highest BCUT2D eigenvalue weighted by Crippen LogP contribution is 2.33. The lowest BCUT2D eigenvalue weighted by Gasteiger charge is -2.16. The highest BCUT2D eigenvalue weighted by Gasteiger charge is 2.16. The fraction of sp³-hybridized carbons (Fsp3) is 0.226. The molecule has 1 aromatic heterocycles. The van der Waals surface area contributed by atoms with Crippen LogP contribution >= 0.6 is 15.9 Å². The van der Waals surface area contributed by atoms with Gasteiger partial charge >= 0.3 is 0 Å². The van der Waals surface area contributed by atoms with Crippen LogP contribution in [0.25, 0.3) is 10.9 Å². The number of carbonyl (C=O) groups excluding carboxylic acids is 1. The molecule has 1 amide bonds. The highest BCUT2D eigenvalue weighted by molar-refractivity contribution is 9.10. The molecule has 0 bridgehead atoms. The summed E-state index contributed by atoms with van der Waals surface area (Å²) in [5, 5.41) is 7.84. The van der Waals surface area contributed by atoms with Crippen molar-refractivity contribution in [3.05, 3.63) is 105 Å². The SMILES string of the molecule is C=CCc1cc(C=Nn2c(CCC)nc3ccc(Br)cc3c2=O)cc(OCC)c1OCC(=O)Nc1ccccc1. The summed E-state index contributed by atoms with van der Waals surface area (Å²) >= 11 is 3.43. The largest absolute Gasteiger partial charge is 0.490 e. The molecule has 0 spiro atoms. The van der Waals surface area contributed by atoms with Gasteiger partial charge in [-0.15, -0.1) is 6.58 Å². The summed E-state index contributed by atoms with van der Waals surface area (Å²) in [6.45, 7) is 7.96. The number of anilines is 1. The summed E-state index contributed by atoms with van der Waals surface area (Å²) < 4.78 is 14.0. The Hall–Kier alpha value is -4.24. The van der Waals surface area contributed by atoms with Crippen molar-refractivity contribution in [2.75, 3.05) is 18.5 Å². The predicted molar refractivity (Wildman–Crippen MR) is 163 cm³/mol. The van der Waals surface area contributed by atoms with E-state index in [1.54, 1.807) is 24.4 Å². The number of fused-ring (bicyclic) bond motifs is 1. The maximum Gasteiger partial charge on any atom is 0.282 e. The van der Waals surface area contributed by atoms with Gasteiger partial charge in [0.15, 0.2) is 18.1 Å². The quantitative estimate of drug-likeness (QED) is 0.155. The van der Waals surface area contributed by atoms with Crippen LogP contribution in [-0.2, 0) is 17.6 Å². The van der Waals surface area contributed by atoms with Gasteiger partial charge in [0.1, 0.15) is 5.82 Å². The molecule has 0 unspecified atom stereocenters. The lowest BCUT2D eigenvalue weighted by atomic mass is 10.1. The Bertz CT molecular complexity index is 1600. The Morgan fingerprint density at radius 1 is 1.12 bits per heavy atom. The molecule has 0 radical (unpaired) electrons. The predicted octanol–water partition coefficient (Wildman–Crippen LogP) is 6.14. The number of para-hydroxylation sites is 1. The van der Waals surface area contributed by atoms with Gasteiger partial charge in [0.25, 0.3) is 11.5 Å². The first-order valence-electron chi connectivity index (χ1n) is 13.1. The molecule has 0 aliphatic heterocycles. The van der Waals surface area contributed by atoms with E-state index >= 15 is 0 Å². The number of hydrogen-bond acceptors (Lipinski definition) is 6. The van der Waals surface area contributed by atoms with Crippen LogP contribution in [0.2, 0.25) is 0 Å². The van der Waals surface area contributed by atoms with Crippen LogP contribution in [0.4, 0.5) is 5.69 Å². The average Bonchev–Trinajstić information content (AvgIpc) is 2.94. The lowest BCUT2D eigenvalue weighted by molar-refractivity contribution is -0.118. The highest BCUT2D eigenvalue weighted by atomic mass is 79.9. The van der Waals surface area contributed by atoms with Gasteiger partial charge in [0.2, 0.25) is 0 Å². The van der Waals surface area contributed by atoms with E-state index in [-0.39, 0.29) is 18.1 Å². The van der Waals surface area contributed by atoms with E-state index in [0.717, 1.165) is 16.5 Å². The zero-order valence-electron chi connectivity index (χ0n) is 22.5. The van der Waals surface area contributed by atoms with Crippen molar-refractivity contribution in [1.82, 2.24) is 9.66 Å². The van der Waals surface area contributed by atoms with Crippen molar-refractivity contribution in [3.63, 3.8) is 0 Å². The topological polar surface area (TPSA) is 94.8 Å². The summed E-state index contributed by atoms with van der Waals surface area (Å²) in [5.41, 5.74) is 2.55. The molecule has 40 heavy (non-hydrogen) atoms. The second-order valence-corrected chi connectivity index (χ2v) is 9.85. The molecule has 0 aliphatic carbocycles. The first-order valence-corrected chi connectivity index (χ1v) is 13.9. The molecular weight excluding hydrogens is 572 g/mol. The maximum absolute atomic E-state index is 13.4. The Labute approximate surface area is 241 Å². The van der Waals surface area contributed by atoms with Gasteiger partial charge in [0, 0.05) is 22.1 Å². The number of allylic oxidation sites excluding steroid dienone is 1. The third-order valence-electron chi connectivity index (χ3n) is 5.89. The van der Waals surface area contributed by atoms with Crippen LogP contribution in [0.5, 0.6) is 11.5 Å². The third-order valence-corrected chi connectivity index (χ3v) is 6.39. The third kappa shape index (κ3) is 7.04. The molecule has 4 aromatic rings. The lowest BCUT2D eigenvalue weighted by Crippen LogP contribution is -2.22. The van der Waals surface area contributed by atoms with Crippen molar-refractivity contribution in [2.45, 2.75) is 33.1 Å². The van der Waals surface area contributed by atoms with Gasteiger partial charge in [0.05, 0.1) is 23.7 Å². The van der Waals surface area contributed by atoms with E-state index in [1.165, 1.54) is 4.68 Å². The average molecular weight is 604 g/mol. The first kappa shape index (κ1) is 28.8. The fourth-order valence-electron chi connectivity index (χ4n) is 4.17. The van der Waals surface area contributed by atoms with E-state index in [2.05, 4.69) is 32.9 Å². The molecule has 0 atom stereocenters. The maximum atomic E-state index is 13.4. The van der Waals surface area contributed by atoms with Crippen molar-refractivity contribution < 1.29 is 14.3 Å². The molecule has 0 aliphatic rings. The number of aromatic nitrogens is 2.